The summed E-state index contributed by atoms with van der Waals surface area (Å²) in [7, 11) is 1.59. The van der Waals surface area contributed by atoms with Crippen LogP contribution in [0.5, 0.6) is 5.88 Å². The number of nitrogens with zero attached hydrogens (tertiary/aromatic N) is 3. The Hall–Kier alpha value is -3.26. The van der Waals surface area contributed by atoms with Crippen LogP contribution in [-0.4, -0.2) is 40.1 Å². The number of carboxylic acids is 1. The predicted octanol–water partition coefficient (Wildman–Crippen LogP) is 5.66. The van der Waals surface area contributed by atoms with Crippen LogP contribution in [0.1, 0.15) is 44.9 Å². The van der Waals surface area contributed by atoms with Crippen molar-refractivity contribution in [2.75, 3.05) is 12.0 Å². The second-order valence-corrected chi connectivity index (χ2v) is 10.3. The highest BCUT2D eigenvalue weighted by Gasteiger charge is 2.40. The molecule has 7 nitrogen and oxygen atoms in total. The van der Waals surface area contributed by atoms with Crippen molar-refractivity contribution in [3.63, 3.8) is 0 Å². The quantitative estimate of drug-likeness (QED) is 0.394. The summed E-state index contributed by atoms with van der Waals surface area (Å²) in [6.07, 6.45) is 7.52. The Morgan fingerprint density at radius 1 is 1.14 bits per heavy atom. The highest BCUT2D eigenvalue weighted by atomic mass is 32.1. The van der Waals surface area contributed by atoms with Gasteiger partial charge in [-0.05, 0) is 36.8 Å². The Kier molecular flexibility index (Phi) is 6.81. The van der Waals surface area contributed by atoms with Crippen LogP contribution in [-0.2, 0) is 9.59 Å². The van der Waals surface area contributed by atoms with Gasteiger partial charge in [-0.1, -0.05) is 43.5 Å². The molecule has 35 heavy (non-hydrogen) atoms. The van der Waals surface area contributed by atoms with Gasteiger partial charge in [-0.2, -0.15) is 0 Å². The van der Waals surface area contributed by atoms with E-state index in [2.05, 4.69) is 4.98 Å². The molecule has 2 aliphatic rings. The van der Waals surface area contributed by atoms with Crippen molar-refractivity contribution in [3.05, 3.63) is 48.0 Å². The number of carbonyl (C=O) groups is 2. The van der Waals surface area contributed by atoms with E-state index in [9.17, 15) is 14.7 Å². The number of anilines is 1. The zero-order valence-electron chi connectivity index (χ0n) is 19.7. The summed E-state index contributed by atoms with van der Waals surface area (Å²) in [5, 5.41) is 12.1. The lowest BCUT2D eigenvalue weighted by molar-refractivity contribution is -0.141. The van der Waals surface area contributed by atoms with Gasteiger partial charge in [0.25, 0.3) is 0 Å². The maximum Gasteiger partial charge on any atom is 0.304 e. The topological polar surface area (TPSA) is 92.6 Å². The number of hydrogen-bond donors (Lipinski definition) is 1. The number of aromatic nitrogens is 2. The number of carboxylic acid groups (broad SMARTS) is 1. The van der Waals surface area contributed by atoms with Crippen LogP contribution in [0.25, 0.3) is 22.4 Å². The summed E-state index contributed by atoms with van der Waals surface area (Å²) in [4.78, 5) is 36.2. The molecule has 2 saturated carbocycles. The normalized spacial score (nSPS) is 16.4. The number of benzene rings is 1. The minimum absolute atomic E-state index is 0.0876. The molecule has 1 unspecified atom stereocenters. The van der Waals surface area contributed by atoms with Gasteiger partial charge in [0.05, 0.1) is 19.2 Å². The summed E-state index contributed by atoms with van der Waals surface area (Å²) in [5.41, 5.74) is 3.70. The van der Waals surface area contributed by atoms with Crippen LogP contribution in [0.3, 0.4) is 0 Å². The lowest BCUT2D eigenvalue weighted by atomic mass is 9.78. The Bertz CT molecular complexity index is 1200. The minimum atomic E-state index is -0.916. The molecular weight excluding hydrogens is 462 g/mol. The molecular formula is C27H29N3O4S. The smallest absolute Gasteiger partial charge is 0.304 e. The molecule has 1 N–H and O–H groups in total. The largest absolute Gasteiger partial charge is 0.481 e. The molecule has 1 atom stereocenters. The molecule has 2 aromatic heterocycles. The van der Waals surface area contributed by atoms with E-state index in [1.54, 1.807) is 18.2 Å². The third kappa shape index (κ3) is 5.22. The van der Waals surface area contributed by atoms with Gasteiger partial charge in [-0.3, -0.25) is 14.5 Å². The Morgan fingerprint density at radius 2 is 1.91 bits per heavy atom. The molecule has 0 aliphatic heterocycles. The van der Waals surface area contributed by atoms with Gasteiger partial charge < -0.3 is 9.84 Å². The molecule has 2 fully saturated rings. The van der Waals surface area contributed by atoms with Crippen molar-refractivity contribution in [2.24, 2.45) is 11.8 Å². The first-order chi connectivity index (χ1) is 17.0. The number of aliphatic carboxylic acids is 1. The number of rotatable bonds is 10. The van der Waals surface area contributed by atoms with Crippen molar-refractivity contribution < 1.29 is 19.4 Å². The molecule has 1 amide bonds. The van der Waals surface area contributed by atoms with Crippen LogP contribution in [0.4, 0.5) is 5.13 Å². The summed E-state index contributed by atoms with van der Waals surface area (Å²) >= 11 is 1.44. The Balaban J connectivity index is 1.43. The molecule has 0 bridgehead atoms. The van der Waals surface area contributed by atoms with Crippen molar-refractivity contribution in [3.8, 4) is 28.3 Å². The van der Waals surface area contributed by atoms with E-state index < -0.39 is 11.9 Å². The monoisotopic (exact) mass is 491 g/mol. The molecule has 0 spiro atoms. The van der Waals surface area contributed by atoms with Crippen LogP contribution in [0.2, 0.25) is 0 Å². The number of methoxy groups -OCH3 is 1. The molecule has 2 heterocycles. The fourth-order valence-electron chi connectivity index (χ4n) is 4.69. The summed E-state index contributed by atoms with van der Waals surface area (Å²) in [6.45, 7) is 0. The van der Waals surface area contributed by atoms with Crippen molar-refractivity contribution in [1.82, 2.24) is 9.97 Å². The lowest BCUT2D eigenvalue weighted by Gasteiger charge is -2.31. The SMILES string of the molecule is COc1ccc(-c2ccccc2-c2csc(N(C(=O)C(CC(=O)O)CC3CCC3)C3CC3)n2)cn1. The van der Waals surface area contributed by atoms with Crippen LogP contribution in [0.15, 0.2) is 48.0 Å². The number of pyridine rings is 1. The average molecular weight is 492 g/mol. The van der Waals surface area contributed by atoms with E-state index in [1.807, 2.05) is 41.8 Å². The van der Waals surface area contributed by atoms with Crippen molar-refractivity contribution in [2.45, 2.75) is 51.0 Å². The highest BCUT2D eigenvalue weighted by Crippen LogP contribution is 2.41. The first-order valence-electron chi connectivity index (χ1n) is 12.1. The molecule has 5 rings (SSSR count). The van der Waals surface area contributed by atoms with Crippen molar-refractivity contribution >= 4 is 28.3 Å². The van der Waals surface area contributed by atoms with Gasteiger partial charge in [-0.15, -0.1) is 11.3 Å². The van der Waals surface area contributed by atoms with Gasteiger partial charge in [0.1, 0.15) is 0 Å². The lowest BCUT2D eigenvalue weighted by Crippen LogP contribution is -2.40. The zero-order chi connectivity index (χ0) is 24.4. The van der Waals surface area contributed by atoms with E-state index in [-0.39, 0.29) is 18.4 Å². The fourth-order valence-corrected chi connectivity index (χ4v) is 5.59. The van der Waals surface area contributed by atoms with Crippen LogP contribution >= 0.6 is 11.3 Å². The van der Waals surface area contributed by atoms with E-state index in [0.29, 0.717) is 23.4 Å². The number of ether oxygens (including phenoxy) is 1. The van der Waals surface area contributed by atoms with Crippen LogP contribution in [0, 0.1) is 11.8 Å². The molecule has 0 radical (unpaired) electrons. The standard InChI is InChI=1S/C27H29N3O4S/c1-34-24-12-9-18(15-28-24)21-7-2-3-8-22(21)23-16-35-27(29-23)30(20-10-11-20)26(33)19(14-25(31)32)13-17-5-4-6-17/h2-3,7-9,12,15-17,19-20H,4-6,10-11,13-14H2,1H3,(H,31,32). The molecule has 8 heteroatoms. The maximum atomic E-state index is 13.6. The second kappa shape index (κ2) is 10.2. The van der Waals surface area contributed by atoms with E-state index >= 15 is 0 Å². The van der Waals surface area contributed by atoms with Gasteiger partial charge in [0.15, 0.2) is 5.13 Å². The number of carbonyl (C=O) groups excluding carboxylic acids is 1. The number of hydrogen-bond acceptors (Lipinski definition) is 6. The Labute approximate surface area is 208 Å². The minimum Gasteiger partial charge on any atom is -0.481 e. The van der Waals surface area contributed by atoms with Gasteiger partial charge >= 0.3 is 5.97 Å². The molecule has 3 aromatic rings. The van der Waals surface area contributed by atoms with Crippen LogP contribution < -0.4 is 9.64 Å². The van der Waals surface area contributed by atoms with Gasteiger partial charge in [0.2, 0.25) is 11.8 Å². The fraction of sp³-hybridized carbons (Fsp3) is 0.407. The average Bonchev–Trinajstić information content (AvgIpc) is 3.56. The zero-order valence-corrected chi connectivity index (χ0v) is 20.5. The second-order valence-electron chi connectivity index (χ2n) is 9.42. The highest BCUT2D eigenvalue weighted by molar-refractivity contribution is 7.14. The number of thiazole rings is 1. The third-order valence-electron chi connectivity index (χ3n) is 6.92. The first kappa shape index (κ1) is 23.5. The van der Waals surface area contributed by atoms with E-state index in [0.717, 1.165) is 48.1 Å². The maximum absolute atomic E-state index is 13.6. The molecule has 0 saturated heterocycles. The van der Waals surface area contributed by atoms with Gasteiger partial charge in [0, 0.05) is 40.7 Å². The van der Waals surface area contributed by atoms with Gasteiger partial charge in [-0.25, -0.2) is 9.97 Å². The molecule has 182 valence electrons. The predicted molar refractivity (Wildman–Crippen MR) is 136 cm³/mol. The summed E-state index contributed by atoms with van der Waals surface area (Å²) in [6, 6.07) is 11.9. The third-order valence-corrected chi connectivity index (χ3v) is 7.76. The molecule has 2 aliphatic carbocycles. The Morgan fingerprint density at radius 3 is 2.51 bits per heavy atom. The van der Waals surface area contributed by atoms with E-state index in [1.165, 1.54) is 17.8 Å². The summed E-state index contributed by atoms with van der Waals surface area (Å²) < 4.78 is 5.18. The van der Waals surface area contributed by atoms with Crippen molar-refractivity contribution in [1.29, 1.82) is 0 Å². The first-order valence-corrected chi connectivity index (χ1v) is 13.0. The molecule has 1 aromatic carbocycles. The summed E-state index contributed by atoms with van der Waals surface area (Å²) in [5.74, 6) is -0.487. The number of amides is 1. The van der Waals surface area contributed by atoms with E-state index in [4.69, 9.17) is 9.72 Å².